The lowest BCUT2D eigenvalue weighted by Crippen LogP contribution is -2.26. The summed E-state index contributed by atoms with van der Waals surface area (Å²) in [7, 11) is 0. The van der Waals surface area contributed by atoms with E-state index < -0.39 is 11.9 Å². The zero-order valence-corrected chi connectivity index (χ0v) is 18.2. The van der Waals surface area contributed by atoms with Gasteiger partial charge in [-0.25, -0.2) is 4.79 Å². The molecule has 2 aromatic heterocycles. The van der Waals surface area contributed by atoms with Crippen molar-refractivity contribution in [2.75, 3.05) is 11.9 Å². The number of ether oxygens (including phenoxy) is 1. The molecule has 0 aromatic carbocycles. The number of amides is 1. The fraction of sp³-hybridized carbons (Fsp3) is 0.476. The Morgan fingerprint density at radius 3 is 2.75 bits per heavy atom. The molecule has 1 aliphatic rings. The number of anilines is 1. The van der Waals surface area contributed by atoms with Crippen molar-refractivity contribution < 1.29 is 14.3 Å². The van der Waals surface area contributed by atoms with E-state index in [-0.39, 0.29) is 12.0 Å². The van der Waals surface area contributed by atoms with Crippen molar-refractivity contribution in [3.05, 3.63) is 37.9 Å². The van der Waals surface area contributed by atoms with Crippen LogP contribution in [0.25, 0.3) is 0 Å². The smallest absolute Gasteiger partial charge is 0.349 e. The van der Waals surface area contributed by atoms with Crippen LogP contribution in [-0.4, -0.2) is 18.5 Å². The molecular formula is C21H24N2O3S2. The van der Waals surface area contributed by atoms with Gasteiger partial charge in [0.1, 0.15) is 15.9 Å². The monoisotopic (exact) mass is 416 g/mol. The molecule has 1 atom stereocenters. The fourth-order valence-electron chi connectivity index (χ4n) is 3.47. The normalized spacial score (nSPS) is 16.2. The van der Waals surface area contributed by atoms with Crippen molar-refractivity contribution in [1.82, 2.24) is 0 Å². The maximum Gasteiger partial charge on any atom is 0.349 e. The standard InChI is InChI=1S/C21H24N2O3S2/c1-12-7-8-27-18(12)20(25)26-11-17(24)23-19-15(10-22)14-6-5-13(21(2,3)4)9-16(14)28-19/h7-8,13H,5-6,9,11H2,1-4H3,(H,23,24)/t13-/m0/s1. The highest BCUT2D eigenvalue weighted by Crippen LogP contribution is 2.43. The Morgan fingerprint density at radius 2 is 2.14 bits per heavy atom. The van der Waals surface area contributed by atoms with Crippen LogP contribution in [0.3, 0.4) is 0 Å². The van der Waals surface area contributed by atoms with Gasteiger partial charge in [0.2, 0.25) is 0 Å². The second-order valence-corrected chi connectivity index (χ2v) is 10.2. The Kier molecular flexibility index (Phi) is 5.92. The van der Waals surface area contributed by atoms with Gasteiger partial charge in [-0.2, -0.15) is 5.26 Å². The van der Waals surface area contributed by atoms with Gasteiger partial charge in [-0.15, -0.1) is 22.7 Å². The maximum atomic E-state index is 12.3. The maximum absolute atomic E-state index is 12.3. The van der Waals surface area contributed by atoms with Crippen LogP contribution in [0, 0.1) is 29.6 Å². The predicted molar refractivity (Wildman–Crippen MR) is 112 cm³/mol. The fourth-order valence-corrected chi connectivity index (χ4v) is 5.58. The van der Waals surface area contributed by atoms with E-state index in [0.29, 0.717) is 21.4 Å². The van der Waals surface area contributed by atoms with E-state index in [1.807, 2.05) is 18.4 Å². The molecule has 0 fully saturated rings. The zero-order chi connectivity index (χ0) is 20.5. The molecule has 0 saturated heterocycles. The molecule has 5 nitrogen and oxygen atoms in total. The van der Waals surface area contributed by atoms with Crippen LogP contribution in [0.5, 0.6) is 0 Å². The average molecular weight is 417 g/mol. The zero-order valence-electron chi connectivity index (χ0n) is 16.5. The van der Waals surface area contributed by atoms with Gasteiger partial charge in [0, 0.05) is 4.88 Å². The molecule has 2 heterocycles. The number of hydrogen-bond donors (Lipinski definition) is 1. The second-order valence-electron chi connectivity index (χ2n) is 8.18. The van der Waals surface area contributed by atoms with Crippen LogP contribution < -0.4 is 5.32 Å². The topological polar surface area (TPSA) is 79.2 Å². The van der Waals surface area contributed by atoms with Crippen LogP contribution in [-0.2, 0) is 22.4 Å². The number of nitrogens with one attached hydrogen (secondary N) is 1. The van der Waals surface area contributed by atoms with Gasteiger partial charge in [0.05, 0.1) is 5.56 Å². The van der Waals surface area contributed by atoms with Gasteiger partial charge in [-0.1, -0.05) is 20.8 Å². The molecule has 28 heavy (non-hydrogen) atoms. The molecule has 0 unspecified atom stereocenters. The highest BCUT2D eigenvalue weighted by Gasteiger charge is 2.32. The predicted octanol–water partition coefficient (Wildman–Crippen LogP) is 4.94. The van der Waals surface area contributed by atoms with E-state index in [4.69, 9.17) is 4.74 Å². The third-order valence-corrected chi connectivity index (χ3v) is 7.40. The number of fused-ring (bicyclic) bond motifs is 1. The molecule has 1 N–H and O–H groups in total. The van der Waals surface area contributed by atoms with Crippen LogP contribution in [0.2, 0.25) is 0 Å². The number of aryl methyl sites for hydroxylation is 1. The highest BCUT2D eigenvalue weighted by molar-refractivity contribution is 7.16. The minimum atomic E-state index is -0.498. The third kappa shape index (κ3) is 4.29. The number of thiophene rings is 2. The van der Waals surface area contributed by atoms with E-state index in [1.54, 1.807) is 0 Å². The first-order valence-electron chi connectivity index (χ1n) is 9.26. The van der Waals surface area contributed by atoms with Gasteiger partial charge in [0.15, 0.2) is 6.61 Å². The van der Waals surface area contributed by atoms with Crippen molar-refractivity contribution in [3.63, 3.8) is 0 Å². The van der Waals surface area contributed by atoms with Crippen molar-refractivity contribution >= 4 is 39.6 Å². The van der Waals surface area contributed by atoms with Gasteiger partial charge >= 0.3 is 5.97 Å². The minimum absolute atomic E-state index is 0.214. The average Bonchev–Trinajstić information content (AvgIpc) is 3.20. The number of esters is 1. The summed E-state index contributed by atoms with van der Waals surface area (Å²) < 4.78 is 5.12. The number of carbonyl (C=O) groups is 2. The molecule has 3 rings (SSSR count). The molecular weight excluding hydrogens is 392 g/mol. The molecule has 1 amide bonds. The van der Waals surface area contributed by atoms with E-state index in [0.717, 1.165) is 30.4 Å². The molecule has 0 saturated carbocycles. The van der Waals surface area contributed by atoms with E-state index in [2.05, 4.69) is 32.2 Å². The van der Waals surface area contributed by atoms with Crippen molar-refractivity contribution in [2.24, 2.45) is 11.3 Å². The molecule has 0 bridgehead atoms. The number of carbonyl (C=O) groups excluding carboxylic acids is 2. The summed E-state index contributed by atoms with van der Waals surface area (Å²) >= 11 is 2.77. The molecule has 2 aromatic rings. The Morgan fingerprint density at radius 1 is 1.39 bits per heavy atom. The molecule has 0 spiro atoms. The molecule has 1 aliphatic carbocycles. The summed E-state index contributed by atoms with van der Waals surface area (Å²) in [6.45, 7) is 8.19. The summed E-state index contributed by atoms with van der Waals surface area (Å²) in [6.07, 6.45) is 2.84. The molecule has 148 valence electrons. The Bertz CT molecular complexity index is 944. The summed E-state index contributed by atoms with van der Waals surface area (Å²) in [6, 6.07) is 4.08. The summed E-state index contributed by atoms with van der Waals surface area (Å²) in [4.78, 5) is 26.0. The largest absolute Gasteiger partial charge is 0.451 e. The van der Waals surface area contributed by atoms with Crippen LogP contribution in [0.4, 0.5) is 5.00 Å². The Hall–Kier alpha value is -2.17. The minimum Gasteiger partial charge on any atom is -0.451 e. The third-order valence-electron chi connectivity index (χ3n) is 5.24. The van der Waals surface area contributed by atoms with Gasteiger partial charge in [0.25, 0.3) is 5.91 Å². The number of nitrogens with zero attached hydrogens (tertiary/aromatic N) is 1. The summed E-state index contributed by atoms with van der Waals surface area (Å²) in [5.74, 6) is -0.365. The lowest BCUT2D eigenvalue weighted by molar-refractivity contribution is -0.119. The Balaban J connectivity index is 1.67. The second kappa shape index (κ2) is 8.06. The lowest BCUT2D eigenvalue weighted by atomic mass is 9.72. The number of nitriles is 1. The first-order valence-corrected chi connectivity index (χ1v) is 11.0. The van der Waals surface area contributed by atoms with E-state index in [1.165, 1.54) is 27.6 Å². The molecule has 0 radical (unpaired) electrons. The van der Waals surface area contributed by atoms with Gasteiger partial charge in [-0.3, -0.25) is 4.79 Å². The quantitative estimate of drug-likeness (QED) is 0.716. The SMILES string of the molecule is Cc1ccsc1C(=O)OCC(=O)Nc1sc2c(c1C#N)CC[C@H](C(C)(C)C)C2. The first kappa shape index (κ1) is 20.6. The van der Waals surface area contributed by atoms with Crippen LogP contribution >= 0.6 is 22.7 Å². The van der Waals surface area contributed by atoms with Gasteiger partial charge < -0.3 is 10.1 Å². The van der Waals surface area contributed by atoms with Crippen molar-refractivity contribution in [2.45, 2.75) is 47.0 Å². The van der Waals surface area contributed by atoms with Crippen molar-refractivity contribution in [1.29, 1.82) is 5.26 Å². The van der Waals surface area contributed by atoms with Gasteiger partial charge in [-0.05, 0) is 60.1 Å². The van der Waals surface area contributed by atoms with Crippen LogP contribution in [0.1, 0.15) is 58.4 Å². The summed E-state index contributed by atoms with van der Waals surface area (Å²) in [5.41, 5.74) is 2.67. The summed E-state index contributed by atoms with van der Waals surface area (Å²) in [5, 5.41) is 14.7. The first-order chi connectivity index (χ1) is 13.2. The molecule has 7 heteroatoms. The highest BCUT2D eigenvalue weighted by atomic mass is 32.1. The number of rotatable bonds is 4. The van der Waals surface area contributed by atoms with Crippen LogP contribution in [0.15, 0.2) is 11.4 Å². The lowest BCUT2D eigenvalue weighted by Gasteiger charge is -2.33. The van der Waals surface area contributed by atoms with E-state index in [9.17, 15) is 14.9 Å². The van der Waals surface area contributed by atoms with E-state index >= 15 is 0 Å². The molecule has 0 aliphatic heterocycles. The Labute approximate surface area is 173 Å². The number of hydrogen-bond acceptors (Lipinski definition) is 6. The van der Waals surface area contributed by atoms with Crippen molar-refractivity contribution in [3.8, 4) is 6.07 Å².